The van der Waals surface area contributed by atoms with E-state index in [0.29, 0.717) is 17.9 Å². The minimum Gasteiger partial charge on any atom is -0.497 e. The maximum Gasteiger partial charge on any atom is 0.185 e. The molecule has 0 heterocycles. The third kappa shape index (κ3) is 5.26. The molecule has 0 aliphatic carbocycles. The molecule has 3 rings (SSSR count). The second-order valence-corrected chi connectivity index (χ2v) is 6.55. The molecule has 0 spiro atoms. The Kier molecular flexibility index (Phi) is 6.69. The van der Waals surface area contributed by atoms with Crippen molar-refractivity contribution in [3.05, 3.63) is 95.1 Å². The van der Waals surface area contributed by atoms with Gasteiger partial charge in [0.2, 0.25) is 0 Å². The average molecular weight is 388 g/mol. The zero-order valence-corrected chi connectivity index (χ0v) is 16.8. The van der Waals surface area contributed by atoms with Gasteiger partial charge in [0.15, 0.2) is 5.78 Å². The fourth-order valence-corrected chi connectivity index (χ4v) is 2.93. The van der Waals surface area contributed by atoms with E-state index in [1.54, 1.807) is 44.6 Å². The second-order valence-electron chi connectivity index (χ2n) is 6.55. The molecule has 3 aromatic rings. The summed E-state index contributed by atoms with van der Waals surface area (Å²) in [5.41, 5.74) is 3.46. The van der Waals surface area contributed by atoms with Crippen LogP contribution in [0.5, 0.6) is 17.2 Å². The summed E-state index contributed by atoms with van der Waals surface area (Å²) >= 11 is 0. The van der Waals surface area contributed by atoms with Crippen LogP contribution in [0.1, 0.15) is 27.0 Å². The van der Waals surface area contributed by atoms with Gasteiger partial charge in [-0.25, -0.2) is 0 Å². The Bertz CT molecular complexity index is 1020. The first-order chi connectivity index (χ1) is 14.1. The summed E-state index contributed by atoms with van der Waals surface area (Å²) in [6.45, 7) is 2.38. The van der Waals surface area contributed by atoms with E-state index in [4.69, 9.17) is 14.2 Å². The zero-order valence-electron chi connectivity index (χ0n) is 16.8. The van der Waals surface area contributed by atoms with E-state index >= 15 is 0 Å². The van der Waals surface area contributed by atoms with Gasteiger partial charge in [0.25, 0.3) is 0 Å². The predicted molar refractivity (Wildman–Crippen MR) is 115 cm³/mol. The van der Waals surface area contributed by atoms with Gasteiger partial charge in [0.05, 0.1) is 14.2 Å². The Morgan fingerprint density at radius 1 is 0.897 bits per heavy atom. The van der Waals surface area contributed by atoms with Crippen molar-refractivity contribution in [2.75, 3.05) is 14.2 Å². The first kappa shape index (κ1) is 20.2. The summed E-state index contributed by atoms with van der Waals surface area (Å²) < 4.78 is 16.6. The van der Waals surface area contributed by atoms with Crippen molar-refractivity contribution < 1.29 is 19.0 Å². The van der Waals surface area contributed by atoms with Crippen molar-refractivity contribution in [2.45, 2.75) is 13.5 Å². The number of hydrogen-bond acceptors (Lipinski definition) is 4. The Hall–Kier alpha value is -3.53. The maximum atomic E-state index is 12.5. The van der Waals surface area contributed by atoms with Crippen LogP contribution in [0.4, 0.5) is 0 Å². The van der Waals surface area contributed by atoms with Gasteiger partial charge in [-0.3, -0.25) is 4.79 Å². The van der Waals surface area contributed by atoms with Crippen LogP contribution in [0, 0.1) is 6.92 Å². The van der Waals surface area contributed by atoms with E-state index in [1.165, 1.54) is 0 Å². The number of benzene rings is 3. The van der Waals surface area contributed by atoms with E-state index in [2.05, 4.69) is 0 Å². The molecule has 0 aliphatic heterocycles. The van der Waals surface area contributed by atoms with E-state index in [1.807, 2.05) is 55.5 Å². The van der Waals surface area contributed by atoms with Gasteiger partial charge < -0.3 is 14.2 Å². The molecule has 148 valence electrons. The van der Waals surface area contributed by atoms with E-state index < -0.39 is 0 Å². The molecule has 0 aromatic heterocycles. The van der Waals surface area contributed by atoms with Crippen LogP contribution in [-0.2, 0) is 6.61 Å². The summed E-state index contributed by atoms with van der Waals surface area (Å²) in [7, 11) is 3.21. The van der Waals surface area contributed by atoms with Gasteiger partial charge in [-0.05, 0) is 54.5 Å². The lowest BCUT2D eigenvalue weighted by atomic mass is 10.1. The molecule has 0 amide bonds. The first-order valence-corrected chi connectivity index (χ1v) is 9.32. The van der Waals surface area contributed by atoms with Crippen LogP contribution in [0.3, 0.4) is 0 Å². The molecule has 0 aliphatic rings. The smallest absolute Gasteiger partial charge is 0.185 e. The Morgan fingerprint density at radius 2 is 1.72 bits per heavy atom. The van der Waals surface area contributed by atoms with Crippen molar-refractivity contribution in [3.63, 3.8) is 0 Å². The molecule has 0 saturated carbocycles. The molecular formula is C25H24O4. The summed E-state index contributed by atoms with van der Waals surface area (Å²) in [5, 5.41) is 0. The van der Waals surface area contributed by atoms with E-state index in [9.17, 15) is 4.79 Å². The fraction of sp³-hybridized carbons (Fsp3) is 0.160. The van der Waals surface area contributed by atoms with Gasteiger partial charge in [-0.2, -0.15) is 0 Å². The molecule has 4 heteroatoms. The topological polar surface area (TPSA) is 44.8 Å². The zero-order chi connectivity index (χ0) is 20.6. The average Bonchev–Trinajstić information content (AvgIpc) is 2.77. The van der Waals surface area contributed by atoms with Gasteiger partial charge in [0, 0.05) is 11.1 Å². The number of allylic oxidation sites excluding steroid dienone is 1. The van der Waals surface area contributed by atoms with Crippen LogP contribution in [0.2, 0.25) is 0 Å². The lowest BCUT2D eigenvalue weighted by molar-refractivity contribution is 0.104. The lowest BCUT2D eigenvalue weighted by Gasteiger charge is -2.12. The SMILES string of the molecule is COc1cccc(C(=O)/C=C/c2ccc(OC)c(COc3ccccc3C)c2)c1. The largest absolute Gasteiger partial charge is 0.497 e. The molecule has 0 fully saturated rings. The van der Waals surface area contributed by atoms with Crippen molar-refractivity contribution in [2.24, 2.45) is 0 Å². The van der Waals surface area contributed by atoms with Crippen molar-refractivity contribution in [1.29, 1.82) is 0 Å². The second kappa shape index (κ2) is 9.60. The standard InChI is InChI=1S/C25H24O4/c1-18-7-4-5-10-24(18)29-17-21-15-19(12-14-25(21)28-3)11-13-23(26)20-8-6-9-22(16-20)27-2/h4-16H,17H2,1-3H3/b13-11+. The third-order valence-electron chi connectivity index (χ3n) is 4.56. The number of rotatable bonds is 8. The number of carbonyl (C=O) groups excluding carboxylic acids is 1. The highest BCUT2D eigenvalue weighted by Crippen LogP contribution is 2.24. The normalized spacial score (nSPS) is 10.7. The quantitative estimate of drug-likeness (QED) is 0.378. The van der Waals surface area contributed by atoms with Gasteiger partial charge in [-0.1, -0.05) is 42.5 Å². The van der Waals surface area contributed by atoms with Gasteiger partial charge >= 0.3 is 0 Å². The van der Waals surface area contributed by atoms with Crippen LogP contribution < -0.4 is 14.2 Å². The first-order valence-electron chi connectivity index (χ1n) is 9.32. The Morgan fingerprint density at radius 3 is 2.48 bits per heavy atom. The van der Waals surface area contributed by atoms with Gasteiger partial charge in [0.1, 0.15) is 23.9 Å². The molecule has 0 N–H and O–H groups in total. The fourth-order valence-electron chi connectivity index (χ4n) is 2.93. The van der Waals surface area contributed by atoms with E-state index in [-0.39, 0.29) is 5.78 Å². The van der Waals surface area contributed by atoms with Crippen LogP contribution in [0.25, 0.3) is 6.08 Å². The summed E-state index contributed by atoms with van der Waals surface area (Å²) in [4.78, 5) is 12.5. The highest BCUT2D eigenvalue weighted by atomic mass is 16.5. The number of methoxy groups -OCH3 is 2. The Balaban J connectivity index is 1.76. The number of ketones is 1. The number of aryl methyl sites for hydroxylation is 1. The highest BCUT2D eigenvalue weighted by Gasteiger charge is 2.07. The molecule has 0 unspecified atom stereocenters. The van der Waals surface area contributed by atoms with Crippen LogP contribution in [-0.4, -0.2) is 20.0 Å². The van der Waals surface area contributed by atoms with E-state index in [0.717, 1.165) is 28.2 Å². The van der Waals surface area contributed by atoms with Gasteiger partial charge in [-0.15, -0.1) is 0 Å². The predicted octanol–water partition coefficient (Wildman–Crippen LogP) is 5.49. The van der Waals surface area contributed by atoms with Crippen molar-refractivity contribution >= 4 is 11.9 Å². The summed E-state index contributed by atoms with van der Waals surface area (Å²) in [6.07, 6.45) is 3.35. The molecule has 4 nitrogen and oxygen atoms in total. The molecule has 0 saturated heterocycles. The molecule has 0 radical (unpaired) electrons. The molecule has 0 bridgehead atoms. The maximum absolute atomic E-state index is 12.5. The van der Waals surface area contributed by atoms with Crippen LogP contribution >= 0.6 is 0 Å². The monoisotopic (exact) mass is 388 g/mol. The number of ether oxygens (including phenoxy) is 3. The van der Waals surface area contributed by atoms with Crippen LogP contribution in [0.15, 0.2) is 72.8 Å². The minimum absolute atomic E-state index is 0.0857. The number of para-hydroxylation sites is 1. The van der Waals surface area contributed by atoms with Crippen molar-refractivity contribution in [1.82, 2.24) is 0 Å². The third-order valence-corrected chi connectivity index (χ3v) is 4.56. The number of carbonyl (C=O) groups is 1. The van der Waals surface area contributed by atoms with Crippen molar-refractivity contribution in [3.8, 4) is 17.2 Å². The molecule has 29 heavy (non-hydrogen) atoms. The number of hydrogen-bond donors (Lipinski definition) is 0. The Labute approximate surface area is 171 Å². The summed E-state index contributed by atoms with van der Waals surface area (Å²) in [5.74, 6) is 2.15. The molecular weight excluding hydrogens is 364 g/mol. The molecule has 0 atom stereocenters. The minimum atomic E-state index is -0.0857. The molecule has 3 aromatic carbocycles. The highest BCUT2D eigenvalue weighted by molar-refractivity contribution is 6.07. The summed E-state index contributed by atoms with van der Waals surface area (Å²) in [6, 6.07) is 20.7. The lowest BCUT2D eigenvalue weighted by Crippen LogP contribution is -2.00.